The standard InChI is InChI=1S/C11H13F3N2O/c1-3-6(2)15-11(17)16-8-5-4-7(12)9(13)10(8)14/h4-6H,3H2,1-2H3,(H2,15,16,17). The van der Waals surface area contributed by atoms with Gasteiger partial charge in [-0.05, 0) is 25.5 Å². The van der Waals surface area contributed by atoms with Crippen molar-refractivity contribution in [1.82, 2.24) is 5.32 Å². The van der Waals surface area contributed by atoms with E-state index in [-0.39, 0.29) is 6.04 Å². The quantitative estimate of drug-likeness (QED) is 0.791. The maximum atomic E-state index is 13.2. The van der Waals surface area contributed by atoms with E-state index in [4.69, 9.17) is 0 Å². The molecule has 0 aromatic heterocycles. The Kier molecular flexibility index (Phi) is 4.37. The van der Waals surface area contributed by atoms with Gasteiger partial charge in [-0.15, -0.1) is 0 Å². The molecule has 0 heterocycles. The first kappa shape index (κ1) is 13.3. The normalized spacial score (nSPS) is 12.1. The molecular weight excluding hydrogens is 233 g/mol. The highest BCUT2D eigenvalue weighted by atomic mass is 19.2. The molecule has 0 spiro atoms. The van der Waals surface area contributed by atoms with Crippen molar-refractivity contribution in [3.05, 3.63) is 29.6 Å². The summed E-state index contributed by atoms with van der Waals surface area (Å²) in [4.78, 5) is 11.3. The number of carbonyl (C=O) groups is 1. The van der Waals surface area contributed by atoms with Crippen LogP contribution in [0, 0.1) is 17.5 Å². The number of anilines is 1. The molecular formula is C11H13F3N2O. The number of carbonyl (C=O) groups excluding carboxylic acids is 1. The molecule has 3 nitrogen and oxygen atoms in total. The van der Waals surface area contributed by atoms with E-state index in [0.717, 1.165) is 12.1 Å². The van der Waals surface area contributed by atoms with Crippen LogP contribution < -0.4 is 10.6 Å². The van der Waals surface area contributed by atoms with Crippen LogP contribution in [0.2, 0.25) is 0 Å². The third kappa shape index (κ3) is 3.37. The van der Waals surface area contributed by atoms with Crippen LogP contribution >= 0.6 is 0 Å². The Morgan fingerprint density at radius 3 is 2.53 bits per heavy atom. The molecule has 0 saturated heterocycles. The Bertz CT molecular complexity index is 423. The van der Waals surface area contributed by atoms with Gasteiger partial charge in [-0.3, -0.25) is 0 Å². The zero-order valence-electron chi connectivity index (χ0n) is 9.48. The highest BCUT2D eigenvalue weighted by Crippen LogP contribution is 2.19. The monoisotopic (exact) mass is 246 g/mol. The Labute approximate surface area is 97.0 Å². The predicted octanol–water partition coefficient (Wildman–Crippen LogP) is 3.02. The van der Waals surface area contributed by atoms with Gasteiger partial charge in [0.15, 0.2) is 17.5 Å². The fourth-order valence-corrected chi connectivity index (χ4v) is 1.11. The lowest BCUT2D eigenvalue weighted by Gasteiger charge is -2.13. The van der Waals surface area contributed by atoms with Crippen LogP contribution in [0.25, 0.3) is 0 Å². The summed E-state index contributed by atoms with van der Waals surface area (Å²) in [6, 6.07) is 0.953. The van der Waals surface area contributed by atoms with Crippen LogP contribution in [0.3, 0.4) is 0 Å². The number of rotatable bonds is 3. The lowest BCUT2D eigenvalue weighted by Crippen LogP contribution is -2.35. The average Bonchev–Trinajstić information content (AvgIpc) is 2.29. The highest BCUT2D eigenvalue weighted by molar-refractivity contribution is 5.89. The first-order valence-corrected chi connectivity index (χ1v) is 5.16. The summed E-state index contributed by atoms with van der Waals surface area (Å²) in [6.07, 6.45) is 0.702. The summed E-state index contributed by atoms with van der Waals surface area (Å²) < 4.78 is 38.7. The average molecular weight is 246 g/mol. The lowest BCUT2D eigenvalue weighted by molar-refractivity contribution is 0.249. The molecule has 0 aliphatic heterocycles. The van der Waals surface area contributed by atoms with Gasteiger partial charge in [-0.1, -0.05) is 6.92 Å². The number of amides is 2. The summed E-state index contributed by atoms with van der Waals surface area (Å²) in [5, 5.41) is 4.62. The smallest absolute Gasteiger partial charge is 0.319 e. The number of halogens is 3. The molecule has 6 heteroatoms. The van der Waals surface area contributed by atoms with Crippen LogP contribution in [0.1, 0.15) is 20.3 Å². The second-order valence-corrected chi connectivity index (χ2v) is 3.63. The van der Waals surface area contributed by atoms with Gasteiger partial charge in [0.05, 0.1) is 5.69 Å². The summed E-state index contributed by atoms with van der Waals surface area (Å²) >= 11 is 0. The number of benzene rings is 1. The van der Waals surface area contributed by atoms with E-state index in [0.29, 0.717) is 6.42 Å². The fourth-order valence-electron chi connectivity index (χ4n) is 1.11. The molecule has 2 amide bonds. The van der Waals surface area contributed by atoms with Crippen LogP contribution in [0.15, 0.2) is 12.1 Å². The number of hydrogen-bond donors (Lipinski definition) is 2. The molecule has 0 fully saturated rings. The molecule has 2 N–H and O–H groups in total. The van der Waals surface area contributed by atoms with Gasteiger partial charge in [0.2, 0.25) is 0 Å². The van der Waals surface area contributed by atoms with Gasteiger partial charge in [0, 0.05) is 6.04 Å². The van der Waals surface area contributed by atoms with E-state index in [9.17, 15) is 18.0 Å². The van der Waals surface area contributed by atoms with Crippen LogP contribution in [0.5, 0.6) is 0 Å². The fraction of sp³-hybridized carbons (Fsp3) is 0.364. The Morgan fingerprint density at radius 1 is 1.29 bits per heavy atom. The molecule has 0 radical (unpaired) electrons. The van der Waals surface area contributed by atoms with E-state index < -0.39 is 29.2 Å². The second-order valence-electron chi connectivity index (χ2n) is 3.63. The van der Waals surface area contributed by atoms with Crippen molar-refractivity contribution in [3.8, 4) is 0 Å². The predicted molar refractivity (Wildman–Crippen MR) is 58.2 cm³/mol. The Morgan fingerprint density at radius 2 is 1.94 bits per heavy atom. The molecule has 1 rings (SSSR count). The van der Waals surface area contributed by atoms with E-state index in [1.807, 2.05) is 6.92 Å². The van der Waals surface area contributed by atoms with E-state index in [2.05, 4.69) is 10.6 Å². The van der Waals surface area contributed by atoms with E-state index in [1.54, 1.807) is 6.92 Å². The largest absolute Gasteiger partial charge is 0.335 e. The van der Waals surface area contributed by atoms with Crippen LogP contribution in [-0.2, 0) is 0 Å². The summed E-state index contributed by atoms with van der Waals surface area (Å²) in [7, 11) is 0. The lowest BCUT2D eigenvalue weighted by atomic mass is 10.2. The van der Waals surface area contributed by atoms with Gasteiger partial charge in [-0.25, -0.2) is 18.0 Å². The van der Waals surface area contributed by atoms with Gasteiger partial charge in [0.25, 0.3) is 0 Å². The topological polar surface area (TPSA) is 41.1 Å². The minimum absolute atomic E-state index is 0.0941. The SMILES string of the molecule is CCC(C)NC(=O)Nc1ccc(F)c(F)c1F. The Balaban J connectivity index is 2.76. The minimum Gasteiger partial charge on any atom is -0.335 e. The van der Waals surface area contributed by atoms with E-state index >= 15 is 0 Å². The summed E-state index contributed by atoms with van der Waals surface area (Å²) in [5.41, 5.74) is -0.398. The molecule has 0 saturated carbocycles. The molecule has 0 aliphatic carbocycles. The third-order valence-electron chi connectivity index (χ3n) is 2.27. The number of urea groups is 1. The van der Waals surface area contributed by atoms with Crippen molar-refractivity contribution < 1.29 is 18.0 Å². The zero-order valence-corrected chi connectivity index (χ0v) is 9.48. The molecule has 1 aromatic rings. The maximum absolute atomic E-state index is 13.2. The maximum Gasteiger partial charge on any atom is 0.319 e. The van der Waals surface area contributed by atoms with Crippen molar-refractivity contribution in [2.24, 2.45) is 0 Å². The van der Waals surface area contributed by atoms with Gasteiger partial charge >= 0.3 is 6.03 Å². The van der Waals surface area contributed by atoms with Crippen molar-refractivity contribution in [1.29, 1.82) is 0 Å². The van der Waals surface area contributed by atoms with Crippen molar-refractivity contribution in [2.75, 3.05) is 5.32 Å². The summed E-state index contributed by atoms with van der Waals surface area (Å²) in [6.45, 7) is 3.63. The molecule has 1 atom stereocenters. The van der Waals surface area contributed by atoms with Crippen molar-refractivity contribution in [2.45, 2.75) is 26.3 Å². The first-order valence-electron chi connectivity index (χ1n) is 5.16. The number of hydrogen-bond acceptors (Lipinski definition) is 1. The molecule has 94 valence electrons. The molecule has 0 bridgehead atoms. The molecule has 0 aliphatic rings. The zero-order chi connectivity index (χ0) is 13.0. The van der Waals surface area contributed by atoms with Crippen molar-refractivity contribution >= 4 is 11.7 Å². The molecule has 17 heavy (non-hydrogen) atoms. The number of nitrogens with one attached hydrogen (secondary N) is 2. The van der Waals surface area contributed by atoms with Gasteiger partial charge in [-0.2, -0.15) is 0 Å². The van der Waals surface area contributed by atoms with Gasteiger partial charge in [0.1, 0.15) is 0 Å². The van der Waals surface area contributed by atoms with Crippen LogP contribution in [0.4, 0.5) is 23.7 Å². The van der Waals surface area contributed by atoms with Crippen LogP contribution in [-0.4, -0.2) is 12.1 Å². The second kappa shape index (κ2) is 5.56. The summed E-state index contributed by atoms with van der Waals surface area (Å²) in [5.74, 6) is -4.31. The molecule has 1 unspecified atom stereocenters. The molecule has 1 aromatic carbocycles. The third-order valence-corrected chi connectivity index (χ3v) is 2.27. The highest BCUT2D eigenvalue weighted by Gasteiger charge is 2.15. The minimum atomic E-state index is -1.61. The van der Waals surface area contributed by atoms with Gasteiger partial charge < -0.3 is 10.6 Å². The Hall–Kier alpha value is -1.72. The van der Waals surface area contributed by atoms with E-state index in [1.165, 1.54) is 0 Å². The van der Waals surface area contributed by atoms with Crippen molar-refractivity contribution in [3.63, 3.8) is 0 Å². The first-order chi connectivity index (χ1) is 7.95.